The van der Waals surface area contributed by atoms with Gasteiger partial charge in [-0.05, 0) is 32.9 Å². The molecule has 94 valence electrons. The van der Waals surface area contributed by atoms with Crippen LogP contribution in [0, 0.1) is 0 Å². The maximum Gasteiger partial charge on any atom is 0.244 e. The number of hydrogen-bond donors (Lipinski definition) is 2. The number of rotatable bonds is 5. The van der Waals surface area contributed by atoms with Crippen molar-refractivity contribution in [1.82, 2.24) is 15.1 Å². The first-order chi connectivity index (χ1) is 8.08. The van der Waals surface area contributed by atoms with Crippen molar-refractivity contribution in [3.05, 3.63) is 12.1 Å². The van der Waals surface area contributed by atoms with Gasteiger partial charge >= 0.3 is 0 Å². The topological polar surface area (TPSA) is 84.1 Å². The summed E-state index contributed by atoms with van der Waals surface area (Å²) < 4.78 is 0. The Morgan fingerprint density at radius 3 is 2.53 bits per heavy atom. The maximum absolute atomic E-state index is 12.0. The van der Waals surface area contributed by atoms with Gasteiger partial charge in [0.2, 0.25) is 5.91 Å². The fraction of sp³-hybridized carbons (Fsp3) is 0.545. The number of carbonyl (C=O) groups is 1. The molecule has 0 spiro atoms. The Balaban J connectivity index is 2.62. The van der Waals surface area contributed by atoms with Crippen LogP contribution in [0.4, 0.5) is 11.6 Å². The van der Waals surface area contributed by atoms with Crippen molar-refractivity contribution < 1.29 is 4.79 Å². The molecule has 0 aromatic carbocycles. The SMILES string of the molecule is CCN(CC)C(=O)C(C)Nc1ccc(N)nn1. The van der Waals surface area contributed by atoms with E-state index in [1.807, 2.05) is 13.8 Å². The number of amides is 1. The summed E-state index contributed by atoms with van der Waals surface area (Å²) in [4.78, 5) is 13.7. The zero-order valence-corrected chi connectivity index (χ0v) is 10.5. The number of hydrogen-bond acceptors (Lipinski definition) is 5. The average Bonchev–Trinajstić information content (AvgIpc) is 2.33. The van der Waals surface area contributed by atoms with Gasteiger partial charge in [-0.15, -0.1) is 10.2 Å². The van der Waals surface area contributed by atoms with Crippen LogP contribution in [-0.2, 0) is 4.79 Å². The van der Waals surface area contributed by atoms with Gasteiger partial charge < -0.3 is 16.0 Å². The lowest BCUT2D eigenvalue weighted by atomic mass is 10.2. The quantitative estimate of drug-likeness (QED) is 0.788. The van der Waals surface area contributed by atoms with Gasteiger partial charge in [0.05, 0.1) is 0 Å². The van der Waals surface area contributed by atoms with Crippen LogP contribution in [0.15, 0.2) is 12.1 Å². The first kappa shape index (κ1) is 13.2. The molecule has 17 heavy (non-hydrogen) atoms. The number of anilines is 2. The summed E-state index contributed by atoms with van der Waals surface area (Å²) in [5.74, 6) is 0.958. The monoisotopic (exact) mass is 237 g/mol. The lowest BCUT2D eigenvalue weighted by Crippen LogP contribution is -2.41. The molecule has 0 bridgehead atoms. The highest BCUT2D eigenvalue weighted by molar-refractivity contribution is 5.83. The molecule has 1 amide bonds. The van der Waals surface area contributed by atoms with E-state index in [0.717, 1.165) is 0 Å². The molecule has 1 heterocycles. The van der Waals surface area contributed by atoms with Gasteiger partial charge in [-0.1, -0.05) is 0 Å². The molecule has 1 atom stereocenters. The molecule has 0 fully saturated rings. The molecule has 0 aliphatic rings. The number of likely N-dealkylation sites (N-methyl/N-ethyl adjacent to an activating group) is 1. The molecule has 6 heteroatoms. The fourth-order valence-electron chi connectivity index (χ4n) is 1.51. The summed E-state index contributed by atoms with van der Waals surface area (Å²) in [6, 6.07) is 3.02. The smallest absolute Gasteiger partial charge is 0.244 e. The molecule has 0 aliphatic heterocycles. The standard InChI is InChI=1S/C11H19N5O/c1-4-16(5-2)11(17)8(3)13-10-7-6-9(12)14-15-10/h6-8H,4-5H2,1-3H3,(H2,12,14)(H,13,15). The van der Waals surface area contributed by atoms with Crippen LogP contribution in [0.3, 0.4) is 0 Å². The van der Waals surface area contributed by atoms with Crippen molar-refractivity contribution in [3.8, 4) is 0 Å². The second-order valence-corrected chi connectivity index (χ2v) is 3.72. The predicted molar refractivity (Wildman–Crippen MR) is 67.5 cm³/mol. The van der Waals surface area contributed by atoms with Crippen molar-refractivity contribution in [3.63, 3.8) is 0 Å². The van der Waals surface area contributed by atoms with E-state index in [1.54, 1.807) is 24.0 Å². The highest BCUT2D eigenvalue weighted by Crippen LogP contribution is 2.06. The number of nitrogens with zero attached hydrogens (tertiary/aromatic N) is 3. The van der Waals surface area contributed by atoms with Gasteiger partial charge in [-0.25, -0.2) is 0 Å². The molecule has 6 nitrogen and oxygen atoms in total. The van der Waals surface area contributed by atoms with Crippen molar-refractivity contribution >= 4 is 17.5 Å². The van der Waals surface area contributed by atoms with E-state index in [0.29, 0.717) is 24.7 Å². The molecule has 1 aromatic rings. The third-order valence-electron chi connectivity index (χ3n) is 2.50. The van der Waals surface area contributed by atoms with Crippen molar-refractivity contribution in [1.29, 1.82) is 0 Å². The molecule has 0 saturated carbocycles. The molecule has 1 rings (SSSR count). The summed E-state index contributed by atoms with van der Waals surface area (Å²) in [5.41, 5.74) is 5.43. The first-order valence-electron chi connectivity index (χ1n) is 5.73. The Kier molecular flexibility index (Phi) is 4.68. The summed E-state index contributed by atoms with van der Waals surface area (Å²) in [7, 11) is 0. The van der Waals surface area contributed by atoms with Crippen LogP contribution in [0.25, 0.3) is 0 Å². The zero-order chi connectivity index (χ0) is 12.8. The minimum Gasteiger partial charge on any atom is -0.382 e. The molecular formula is C11H19N5O. The third kappa shape index (κ3) is 3.58. The predicted octanol–water partition coefficient (Wildman–Crippen LogP) is 0.728. The minimum atomic E-state index is -0.326. The van der Waals surface area contributed by atoms with Crippen LogP contribution in [-0.4, -0.2) is 40.1 Å². The largest absolute Gasteiger partial charge is 0.382 e. The highest BCUT2D eigenvalue weighted by atomic mass is 16.2. The molecule has 0 radical (unpaired) electrons. The van der Waals surface area contributed by atoms with E-state index >= 15 is 0 Å². The van der Waals surface area contributed by atoms with Gasteiger partial charge in [-0.3, -0.25) is 4.79 Å². The Morgan fingerprint density at radius 1 is 1.41 bits per heavy atom. The second kappa shape index (κ2) is 6.03. The van der Waals surface area contributed by atoms with E-state index in [9.17, 15) is 4.79 Å². The van der Waals surface area contributed by atoms with Crippen LogP contribution in [0.5, 0.6) is 0 Å². The number of nitrogens with one attached hydrogen (secondary N) is 1. The van der Waals surface area contributed by atoms with Gasteiger partial charge in [0.15, 0.2) is 0 Å². The molecule has 1 unspecified atom stereocenters. The molecular weight excluding hydrogens is 218 g/mol. The summed E-state index contributed by atoms with van der Waals surface area (Å²) >= 11 is 0. The Morgan fingerprint density at radius 2 is 2.06 bits per heavy atom. The van der Waals surface area contributed by atoms with Gasteiger partial charge in [-0.2, -0.15) is 0 Å². The zero-order valence-electron chi connectivity index (χ0n) is 10.5. The number of carbonyl (C=O) groups excluding carboxylic acids is 1. The number of nitrogens with two attached hydrogens (primary N) is 1. The normalized spacial score (nSPS) is 11.9. The Labute approximate surface area is 101 Å². The van der Waals surface area contributed by atoms with Crippen LogP contribution in [0.1, 0.15) is 20.8 Å². The summed E-state index contributed by atoms with van der Waals surface area (Å²) in [5, 5.41) is 10.6. The fourth-order valence-corrected chi connectivity index (χ4v) is 1.51. The Bertz CT molecular complexity index is 361. The van der Waals surface area contributed by atoms with Gasteiger partial charge in [0.1, 0.15) is 17.7 Å². The summed E-state index contributed by atoms with van der Waals surface area (Å²) in [6.07, 6.45) is 0. The van der Waals surface area contributed by atoms with Crippen LogP contribution < -0.4 is 11.1 Å². The second-order valence-electron chi connectivity index (χ2n) is 3.72. The molecule has 1 aromatic heterocycles. The van der Waals surface area contributed by atoms with Crippen molar-refractivity contribution in [2.45, 2.75) is 26.8 Å². The van der Waals surface area contributed by atoms with E-state index in [2.05, 4.69) is 15.5 Å². The lowest BCUT2D eigenvalue weighted by Gasteiger charge is -2.23. The van der Waals surface area contributed by atoms with E-state index in [1.165, 1.54) is 0 Å². The van der Waals surface area contributed by atoms with E-state index in [-0.39, 0.29) is 11.9 Å². The number of nitrogen functional groups attached to an aromatic ring is 1. The van der Waals surface area contributed by atoms with Crippen LogP contribution >= 0.6 is 0 Å². The van der Waals surface area contributed by atoms with E-state index < -0.39 is 0 Å². The van der Waals surface area contributed by atoms with Crippen molar-refractivity contribution in [2.75, 3.05) is 24.1 Å². The van der Waals surface area contributed by atoms with Crippen LogP contribution in [0.2, 0.25) is 0 Å². The maximum atomic E-state index is 12.0. The lowest BCUT2D eigenvalue weighted by molar-refractivity contribution is -0.131. The third-order valence-corrected chi connectivity index (χ3v) is 2.50. The molecule has 0 saturated heterocycles. The highest BCUT2D eigenvalue weighted by Gasteiger charge is 2.18. The van der Waals surface area contributed by atoms with Gasteiger partial charge in [0, 0.05) is 13.1 Å². The van der Waals surface area contributed by atoms with E-state index in [4.69, 9.17) is 5.73 Å². The molecule has 0 aliphatic carbocycles. The average molecular weight is 237 g/mol. The van der Waals surface area contributed by atoms with Crippen molar-refractivity contribution in [2.24, 2.45) is 0 Å². The minimum absolute atomic E-state index is 0.0497. The summed E-state index contributed by atoms with van der Waals surface area (Å²) in [6.45, 7) is 7.12. The number of aromatic nitrogens is 2. The Hall–Kier alpha value is -1.85. The molecule has 3 N–H and O–H groups in total. The van der Waals surface area contributed by atoms with Gasteiger partial charge in [0.25, 0.3) is 0 Å². The first-order valence-corrected chi connectivity index (χ1v) is 5.73.